The second-order valence-electron chi connectivity index (χ2n) is 13.3. The molecule has 0 saturated heterocycles. The van der Waals surface area contributed by atoms with Gasteiger partial charge in [-0.05, 0) is 17.4 Å². The number of unbranched alkanes of at least 4 members (excludes halogenated alkanes) is 1. The fourth-order valence-electron chi connectivity index (χ4n) is 4.55. The quantitative estimate of drug-likeness (QED) is 0.393. The molecule has 0 heterocycles. The summed E-state index contributed by atoms with van der Waals surface area (Å²) in [7, 11) is 0. The zero-order valence-corrected chi connectivity index (χ0v) is 28.7. The Labute approximate surface area is 260 Å². The van der Waals surface area contributed by atoms with Gasteiger partial charge in [-0.1, -0.05) is 135 Å². The summed E-state index contributed by atoms with van der Waals surface area (Å²) in [5, 5.41) is 0. The Morgan fingerprint density at radius 3 is 1.92 bits per heavy atom. The normalized spacial score (nSPS) is 15.7. The molecule has 0 nitrogen and oxygen atoms in total. The Balaban J connectivity index is 0.000000712. The molecule has 0 spiro atoms. The van der Waals surface area contributed by atoms with Crippen molar-refractivity contribution in [2.45, 2.75) is 106 Å². The van der Waals surface area contributed by atoms with Gasteiger partial charge in [-0.15, -0.1) is 5.56 Å². The van der Waals surface area contributed by atoms with E-state index >= 15 is 0 Å². The topological polar surface area (TPSA) is 0 Å². The van der Waals surface area contributed by atoms with E-state index < -0.39 is 0 Å². The molecule has 0 saturated carbocycles. The van der Waals surface area contributed by atoms with Gasteiger partial charge >= 0.3 is 26.2 Å². The summed E-state index contributed by atoms with van der Waals surface area (Å²) in [5.74, 6) is 0.592. The van der Waals surface area contributed by atoms with Crippen LogP contribution in [0.2, 0.25) is 0 Å². The SMILES string of the molecule is CC(C)(C)c1c[c-]c2c(c1)-c1cc(C(C)(C)C)ccc1C2.CCCCC1[C-]=CC(C(C)(C)C)=C1.[Cl-].[Cl-].[Zr+4]. The van der Waals surface area contributed by atoms with Crippen molar-refractivity contribution in [3.05, 3.63) is 82.5 Å². The summed E-state index contributed by atoms with van der Waals surface area (Å²) in [6.45, 7) is 22.7. The molecule has 4 rings (SSSR count). The summed E-state index contributed by atoms with van der Waals surface area (Å²) in [6.07, 6.45) is 12.9. The van der Waals surface area contributed by atoms with Gasteiger partial charge in [-0.2, -0.15) is 41.0 Å². The van der Waals surface area contributed by atoms with Crippen molar-refractivity contribution in [3.63, 3.8) is 0 Å². The molecule has 0 aromatic heterocycles. The van der Waals surface area contributed by atoms with E-state index in [4.69, 9.17) is 0 Å². The van der Waals surface area contributed by atoms with E-state index in [1.54, 1.807) is 0 Å². The average Bonchev–Trinajstić information content (AvgIpc) is 3.35. The molecule has 2 aliphatic rings. The Hall–Kier alpha value is -0.617. The van der Waals surface area contributed by atoms with E-state index in [2.05, 4.69) is 124 Å². The molecule has 0 bridgehead atoms. The van der Waals surface area contributed by atoms with E-state index in [9.17, 15) is 0 Å². The zero-order chi connectivity index (χ0) is 25.3. The number of allylic oxidation sites excluding steroid dienone is 4. The van der Waals surface area contributed by atoms with Crippen molar-refractivity contribution in [1.82, 2.24) is 0 Å². The van der Waals surface area contributed by atoms with Crippen LogP contribution in [-0.2, 0) is 43.5 Å². The van der Waals surface area contributed by atoms with E-state index in [1.807, 2.05) is 0 Å². The number of fused-ring (bicyclic) bond motifs is 3. The van der Waals surface area contributed by atoms with Gasteiger partial charge in [-0.3, -0.25) is 6.08 Å². The van der Waals surface area contributed by atoms with E-state index in [-0.39, 0.29) is 61.8 Å². The number of rotatable bonds is 3. The predicted octanol–water partition coefficient (Wildman–Crippen LogP) is 3.80. The number of hydrogen-bond acceptors (Lipinski definition) is 0. The third-order valence-electron chi connectivity index (χ3n) is 7.09. The van der Waals surface area contributed by atoms with Crippen LogP contribution >= 0.6 is 0 Å². The molecule has 0 aliphatic heterocycles. The maximum atomic E-state index is 3.53. The molecule has 200 valence electrons. The Kier molecular flexibility index (Phi) is 13.9. The minimum Gasteiger partial charge on any atom is -1.00 e. The molecule has 2 aliphatic carbocycles. The van der Waals surface area contributed by atoms with Crippen LogP contribution in [0.3, 0.4) is 0 Å². The first kappa shape index (κ1) is 36.4. The largest absolute Gasteiger partial charge is 4.00 e. The third kappa shape index (κ3) is 9.51. The summed E-state index contributed by atoms with van der Waals surface area (Å²) in [5.41, 5.74) is 10.5. The van der Waals surface area contributed by atoms with Gasteiger partial charge in [0.05, 0.1) is 0 Å². The molecule has 3 heteroatoms. The molecule has 1 atom stereocenters. The smallest absolute Gasteiger partial charge is 1.00 e. The van der Waals surface area contributed by atoms with Gasteiger partial charge in [-0.25, -0.2) is 6.08 Å². The van der Waals surface area contributed by atoms with Crippen molar-refractivity contribution in [2.24, 2.45) is 11.3 Å². The minimum atomic E-state index is 0. The standard InChI is InChI=1S/C21H25.C13H21.2ClH.Zr/c1-20(2,3)16-9-7-14-11-15-8-10-17(21(4,5)6)13-19(15)18(14)12-16;1-5-6-7-11-8-9-12(10-11)13(2,3)4;;;/h7,9-10,12-13H,11H2,1-6H3;9-11H,5-7H2,1-4H3;2*1H;/q2*-1;;;+4/p-2. The molecule has 0 amide bonds. The first-order valence-corrected chi connectivity index (χ1v) is 13.2. The van der Waals surface area contributed by atoms with Crippen molar-refractivity contribution in [3.8, 4) is 11.1 Å². The van der Waals surface area contributed by atoms with Crippen molar-refractivity contribution >= 4 is 0 Å². The van der Waals surface area contributed by atoms with Crippen molar-refractivity contribution < 1.29 is 51.0 Å². The van der Waals surface area contributed by atoms with Gasteiger partial charge in [0.15, 0.2) is 0 Å². The van der Waals surface area contributed by atoms with E-state index in [0.717, 1.165) is 6.42 Å². The first-order chi connectivity index (χ1) is 15.7. The van der Waals surface area contributed by atoms with Crippen LogP contribution in [0.4, 0.5) is 0 Å². The van der Waals surface area contributed by atoms with Crippen LogP contribution in [0.5, 0.6) is 0 Å². The fraction of sp³-hybridized carbons (Fsp3) is 0.529. The second kappa shape index (κ2) is 14.1. The fourth-order valence-corrected chi connectivity index (χ4v) is 4.55. The Morgan fingerprint density at radius 2 is 1.41 bits per heavy atom. The number of benzene rings is 2. The predicted molar refractivity (Wildman–Crippen MR) is 149 cm³/mol. The van der Waals surface area contributed by atoms with E-state index in [0.29, 0.717) is 11.3 Å². The summed E-state index contributed by atoms with van der Waals surface area (Å²) in [4.78, 5) is 0. The van der Waals surface area contributed by atoms with Crippen LogP contribution in [-0.4, -0.2) is 0 Å². The Bertz CT molecular complexity index is 1010. The van der Waals surface area contributed by atoms with Crippen LogP contribution in [0.25, 0.3) is 11.1 Å². The number of hydrogen-bond donors (Lipinski definition) is 0. The van der Waals surface area contributed by atoms with Gasteiger partial charge in [0, 0.05) is 0 Å². The van der Waals surface area contributed by atoms with Crippen LogP contribution < -0.4 is 24.8 Å². The van der Waals surface area contributed by atoms with Gasteiger partial charge < -0.3 is 24.8 Å². The van der Waals surface area contributed by atoms with Crippen LogP contribution in [0, 0.1) is 23.5 Å². The first-order valence-electron chi connectivity index (χ1n) is 13.2. The second-order valence-corrected chi connectivity index (χ2v) is 13.3. The maximum absolute atomic E-state index is 3.53. The molecule has 2 aromatic rings. The maximum Gasteiger partial charge on any atom is 4.00 e. The van der Waals surface area contributed by atoms with Gasteiger partial charge in [0.1, 0.15) is 0 Å². The Morgan fingerprint density at radius 1 is 0.811 bits per heavy atom. The molecule has 0 N–H and O–H groups in total. The molecule has 2 aromatic carbocycles. The van der Waals surface area contributed by atoms with Crippen molar-refractivity contribution in [1.29, 1.82) is 0 Å². The molecular weight excluding hydrogens is 571 g/mol. The molecular formula is C34H46Cl2Zr. The number of halogens is 2. The average molecular weight is 617 g/mol. The van der Waals surface area contributed by atoms with Crippen LogP contribution in [0.1, 0.15) is 111 Å². The zero-order valence-electron chi connectivity index (χ0n) is 24.7. The monoisotopic (exact) mass is 614 g/mol. The minimum absolute atomic E-state index is 0. The summed E-state index contributed by atoms with van der Waals surface area (Å²) in [6, 6.07) is 15.1. The molecule has 37 heavy (non-hydrogen) atoms. The molecule has 0 radical (unpaired) electrons. The molecule has 0 fully saturated rings. The van der Waals surface area contributed by atoms with Gasteiger partial charge in [0.2, 0.25) is 0 Å². The van der Waals surface area contributed by atoms with E-state index in [1.165, 1.54) is 58.2 Å². The summed E-state index contributed by atoms with van der Waals surface area (Å²) >= 11 is 0. The van der Waals surface area contributed by atoms with Crippen molar-refractivity contribution in [2.75, 3.05) is 0 Å². The summed E-state index contributed by atoms with van der Waals surface area (Å²) < 4.78 is 0. The molecule has 1 unspecified atom stereocenters. The van der Waals surface area contributed by atoms with Gasteiger partial charge in [0.25, 0.3) is 0 Å². The third-order valence-corrected chi connectivity index (χ3v) is 7.09. The van der Waals surface area contributed by atoms with Crippen LogP contribution in [0.15, 0.2) is 48.1 Å².